The third-order valence-electron chi connectivity index (χ3n) is 4.16. The molecule has 0 aliphatic carbocycles. The van der Waals surface area contributed by atoms with Crippen LogP contribution in [0, 0.1) is 0 Å². The number of pyridine rings is 1. The molecule has 2 aromatic carbocycles. The molecule has 0 spiro atoms. The molecular formula is C19H20N2. The molecule has 21 heavy (non-hydrogen) atoms. The fourth-order valence-electron chi connectivity index (χ4n) is 2.77. The molecular weight excluding hydrogens is 256 g/mol. The molecule has 106 valence electrons. The van der Waals surface area contributed by atoms with Crippen LogP contribution in [0.2, 0.25) is 0 Å². The van der Waals surface area contributed by atoms with E-state index in [9.17, 15) is 0 Å². The Labute approximate surface area is 125 Å². The molecule has 0 aliphatic heterocycles. The molecule has 3 aromatic rings. The van der Waals surface area contributed by atoms with Gasteiger partial charge in [-0.3, -0.25) is 4.98 Å². The number of aromatic nitrogens is 1. The maximum Gasteiger partial charge on any atom is 0.0704 e. The summed E-state index contributed by atoms with van der Waals surface area (Å²) < 4.78 is 0. The second-order valence-electron chi connectivity index (χ2n) is 5.55. The van der Waals surface area contributed by atoms with Crippen LogP contribution in [0.25, 0.3) is 10.9 Å². The molecule has 0 aliphatic rings. The lowest BCUT2D eigenvalue weighted by atomic mass is 9.89. The zero-order valence-electron chi connectivity index (χ0n) is 12.2. The van der Waals surface area contributed by atoms with Gasteiger partial charge in [-0.25, -0.2) is 0 Å². The smallest absolute Gasteiger partial charge is 0.0704 e. The van der Waals surface area contributed by atoms with E-state index in [1.165, 1.54) is 16.5 Å². The Balaban J connectivity index is 1.85. The minimum Gasteiger partial charge on any atom is -0.327 e. The van der Waals surface area contributed by atoms with Crippen LogP contribution in [0.5, 0.6) is 0 Å². The molecule has 0 saturated carbocycles. The molecule has 0 bridgehead atoms. The van der Waals surface area contributed by atoms with Crippen LogP contribution in [0.3, 0.4) is 0 Å². The first-order chi connectivity index (χ1) is 10.3. The number of benzene rings is 2. The topological polar surface area (TPSA) is 38.9 Å². The number of nitrogens with zero attached hydrogens (tertiary/aromatic N) is 1. The van der Waals surface area contributed by atoms with Crippen LogP contribution in [-0.4, -0.2) is 11.0 Å². The van der Waals surface area contributed by atoms with Gasteiger partial charge < -0.3 is 5.73 Å². The average molecular weight is 276 g/mol. The molecule has 2 N–H and O–H groups in total. The van der Waals surface area contributed by atoms with Crippen LogP contribution in [0.15, 0.2) is 66.9 Å². The Bertz CT molecular complexity index is 716. The normalized spacial score (nSPS) is 14.0. The summed E-state index contributed by atoms with van der Waals surface area (Å²) in [4.78, 5) is 4.41. The SMILES string of the molecule is CC(c1ccccc1)C(N)Cc1ccnc2ccccc12. The number of nitrogens with two attached hydrogens (primary N) is 1. The molecule has 0 saturated heterocycles. The van der Waals surface area contributed by atoms with Gasteiger partial charge in [0, 0.05) is 17.6 Å². The highest BCUT2D eigenvalue weighted by Gasteiger charge is 2.16. The van der Waals surface area contributed by atoms with Crippen molar-refractivity contribution in [1.82, 2.24) is 4.98 Å². The Morgan fingerprint density at radius 2 is 1.67 bits per heavy atom. The fourth-order valence-corrected chi connectivity index (χ4v) is 2.77. The quantitative estimate of drug-likeness (QED) is 0.784. The highest BCUT2D eigenvalue weighted by molar-refractivity contribution is 5.81. The van der Waals surface area contributed by atoms with Gasteiger partial charge in [-0.05, 0) is 35.6 Å². The summed E-state index contributed by atoms with van der Waals surface area (Å²) in [5.41, 5.74) is 10.1. The standard InChI is InChI=1S/C19H20N2/c1-14(15-7-3-2-4-8-15)18(20)13-16-11-12-21-19-10-6-5-9-17(16)19/h2-12,14,18H,13,20H2,1H3. The molecule has 0 amide bonds. The van der Waals surface area contributed by atoms with Gasteiger partial charge in [-0.1, -0.05) is 55.5 Å². The van der Waals surface area contributed by atoms with Crippen molar-refractivity contribution in [2.45, 2.75) is 25.3 Å². The predicted molar refractivity (Wildman–Crippen MR) is 88.3 cm³/mol. The summed E-state index contributed by atoms with van der Waals surface area (Å²) in [6.45, 7) is 2.20. The van der Waals surface area contributed by atoms with Crippen LogP contribution >= 0.6 is 0 Å². The van der Waals surface area contributed by atoms with Crippen molar-refractivity contribution in [1.29, 1.82) is 0 Å². The third-order valence-corrected chi connectivity index (χ3v) is 4.16. The van der Waals surface area contributed by atoms with Gasteiger partial charge in [-0.15, -0.1) is 0 Å². The van der Waals surface area contributed by atoms with Gasteiger partial charge in [0.25, 0.3) is 0 Å². The van der Waals surface area contributed by atoms with Gasteiger partial charge >= 0.3 is 0 Å². The minimum atomic E-state index is 0.0956. The zero-order valence-corrected chi connectivity index (χ0v) is 12.2. The Morgan fingerprint density at radius 3 is 2.48 bits per heavy atom. The second kappa shape index (κ2) is 6.06. The highest BCUT2D eigenvalue weighted by atomic mass is 14.7. The van der Waals surface area contributed by atoms with Crippen LogP contribution in [0.1, 0.15) is 24.0 Å². The fraction of sp³-hybridized carbons (Fsp3) is 0.211. The number of hydrogen-bond acceptors (Lipinski definition) is 2. The summed E-state index contributed by atoms with van der Waals surface area (Å²) in [6.07, 6.45) is 2.73. The van der Waals surface area contributed by atoms with Crippen molar-refractivity contribution < 1.29 is 0 Å². The van der Waals surface area contributed by atoms with E-state index in [2.05, 4.69) is 54.4 Å². The molecule has 0 fully saturated rings. The summed E-state index contributed by atoms with van der Waals surface area (Å²) in [6, 6.07) is 20.9. The minimum absolute atomic E-state index is 0.0956. The van der Waals surface area contributed by atoms with Crippen molar-refractivity contribution in [3.63, 3.8) is 0 Å². The molecule has 3 rings (SSSR count). The summed E-state index contributed by atoms with van der Waals surface area (Å²) >= 11 is 0. The predicted octanol–water partition coefficient (Wildman–Crippen LogP) is 3.91. The van der Waals surface area contributed by atoms with Gasteiger partial charge in [0.1, 0.15) is 0 Å². The number of fused-ring (bicyclic) bond motifs is 1. The van der Waals surface area contributed by atoms with Crippen LogP contribution < -0.4 is 5.73 Å². The Morgan fingerprint density at radius 1 is 0.952 bits per heavy atom. The monoisotopic (exact) mass is 276 g/mol. The molecule has 0 radical (unpaired) electrons. The van der Waals surface area contributed by atoms with Gasteiger partial charge in [-0.2, -0.15) is 0 Å². The first kappa shape index (κ1) is 13.8. The van der Waals surface area contributed by atoms with E-state index in [0.29, 0.717) is 5.92 Å². The van der Waals surface area contributed by atoms with E-state index < -0.39 is 0 Å². The van der Waals surface area contributed by atoms with Gasteiger partial charge in [0.05, 0.1) is 5.52 Å². The van der Waals surface area contributed by atoms with Crippen molar-refractivity contribution >= 4 is 10.9 Å². The summed E-state index contributed by atoms with van der Waals surface area (Å²) in [7, 11) is 0. The second-order valence-corrected chi connectivity index (χ2v) is 5.55. The molecule has 2 heteroatoms. The van der Waals surface area contributed by atoms with Gasteiger partial charge in [0.15, 0.2) is 0 Å². The maximum absolute atomic E-state index is 6.45. The van der Waals surface area contributed by atoms with E-state index in [-0.39, 0.29) is 6.04 Å². The average Bonchev–Trinajstić information content (AvgIpc) is 2.55. The van der Waals surface area contributed by atoms with E-state index in [0.717, 1.165) is 11.9 Å². The lowest BCUT2D eigenvalue weighted by Crippen LogP contribution is -2.29. The van der Waals surface area contributed by atoms with Crippen molar-refractivity contribution in [2.75, 3.05) is 0 Å². The first-order valence-electron chi connectivity index (χ1n) is 7.39. The van der Waals surface area contributed by atoms with E-state index in [4.69, 9.17) is 5.73 Å². The molecule has 2 unspecified atom stereocenters. The Kier molecular flexibility index (Phi) is 3.98. The molecule has 2 nitrogen and oxygen atoms in total. The molecule has 2 atom stereocenters. The maximum atomic E-state index is 6.45. The highest BCUT2D eigenvalue weighted by Crippen LogP contribution is 2.23. The number of hydrogen-bond donors (Lipinski definition) is 1. The van der Waals surface area contributed by atoms with E-state index in [1.807, 2.05) is 24.4 Å². The molecule has 1 heterocycles. The lowest BCUT2D eigenvalue weighted by Gasteiger charge is -2.21. The first-order valence-corrected chi connectivity index (χ1v) is 7.39. The van der Waals surface area contributed by atoms with Crippen LogP contribution in [0.4, 0.5) is 0 Å². The van der Waals surface area contributed by atoms with E-state index >= 15 is 0 Å². The lowest BCUT2D eigenvalue weighted by molar-refractivity contribution is 0.565. The zero-order chi connectivity index (χ0) is 14.7. The number of para-hydroxylation sites is 1. The van der Waals surface area contributed by atoms with Crippen molar-refractivity contribution in [2.24, 2.45) is 5.73 Å². The largest absolute Gasteiger partial charge is 0.327 e. The van der Waals surface area contributed by atoms with E-state index in [1.54, 1.807) is 0 Å². The summed E-state index contributed by atoms with van der Waals surface area (Å²) in [5, 5.41) is 1.20. The summed E-state index contributed by atoms with van der Waals surface area (Å²) in [5.74, 6) is 0.332. The van der Waals surface area contributed by atoms with Crippen LogP contribution in [-0.2, 0) is 6.42 Å². The van der Waals surface area contributed by atoms with Crippen molar-refractivity contribution in [3.8, 4) is 0 Å². The molecule has 1 aromatic heterocycles. The van der Waals surface area contributed by atoms with Crippen molar-refractivity contribution in [3.05, 3.63) is 78.0 Å². The number of rotatable bonds is 4. The third kappa shape index (κ3) is 2.96. The van der Waals surface area contributed by atoms with Gasteiger partial charge in [0.2, 0.25) is 0 Å². The Hall–Kier alpha value is -2.19.